The number of ether oxygens (including phenoxy) is 1. The van der Waals surface area contributed by atoms with E-state index in [1.807, 2.05) is 18.3 Å². The molecule has 1 unspecified atom stereocenters. The molecule has 2 aliphatic rings. The van der Waals surface area contributed by atoms with Crippen LogP contribution in [0.5, 0.6) is 0 Å². The number of rotatable bonds is 5. The van der Waals surface area contributed by atoms with E-state index in [2.05, 4.69) is 32.5 Å². The summed E-state index contributed by atoms with van der Waals surface area (Å²) in [5, 5.41) is 5.73. The molecule has 7 heteroatoms. The van der Waals surface area contributed by atoms with Crippen LogP contribution in [-0.2, 0) is 11.3 Å². The van der Waals surface area contributed by atoms with Crippen LogP contribution in [-0.4, -0.2) is 68.4 Å². The Hall–Kier alpha value is -1.86. The molecule has 0 saturated carbocycles. The zero-order valence-corrected chi connectivity index (χ0v) is 15.0. The Labute approximate surface area is 149 Å². The third-order valence-electron chi connectivity index (χ3n) is 4.82. The molecule has 1 aromatic rings. The average molecular weight is 347 g/mol. The first-order valence-electron chi connectivity index (χ1n) is 9.22. The fourth-order valence-electron chi connectivity index (χ4n) is 3.24. The summed E-state index contributed by atoms with van der Waals surface area (Å²) in [4.78, 5) is 21.1. The van der Waals surface area contributed by atoms with Crippen LogP contribution in [0, 0.1) is 0 Å². The van der Waals surface area contributed by atoms with Gasteiger partial charge in [-0.1, -0.05) is 6.07 Å². The first-order valence-corrected chi connectivity index (χ1v) is 9.22. The van der Waals surface area contributed by atoms with Crippen molar-refractivity contribution < 1.29 is 9.53 Å². The van der Waals surface area contributed by atoms with Crippen LogP contribution < -0.4 is 15.5 Å². The van der Waals surface area contributed by atoms with Crippen LogP contribution in [0.2, 0.25) is 0 Å². The SMILES string of the molecule is CN1CCCN(c2ccc(CNC(=O)NCC3CCCO3)cn2)CC1. The summed E-state index contributed by atoms with van der Waals surface area (Å²) in [6.07, 6.45) is 5.29. The number of carbonyl (C=O) groups is 1. The van der Waals surface area contributed by atoms with Crippen LogP contribution in [0.4, 0.5) is 10.6 Å². The molecule has 25 heavy (non-hydrogen) atoms. The molecule has 1 aromatic heterocycles. The molecule has 2 amide bonds. The van der Waals surface area contributed by atoms with Crippen molar-refractivity contribution in [3.63, 3.8) is 0 Å². The molecule has 138 valence electrons. The largest absolute Gasteiger partial charge is 0.376 e. The van der Waals surface area contributed by atoms with Crippen molar-refractivity contribution in [3.05, 3.63) is 23.9 Å². The fraction of sp³-hybridized carbons (Fsp3) is 0.667. The maximum atomic E-state index is 11.8. The molecule has 2 N–H and O–H groups in total. The summed E-state index contributed by atoms with van der Waals surface area (Å²) in [5.41, 5.74) is 1.00. The molecule has 0 aliphatic carbocycles. The Morgan fingerprint density at radius 1 is 1.24 bits per heavy atom. The van der Waals surface area contributed by atoms with Gasteiger partial charge in [-0.25, -0.2) is 9.78 Å². The molecule has 1 atom stereocenters. The van der Waals surface area contributed by atoms with E-state index < -0.39 is 0 Å². The van der Waals surface area contributed by atoms with Gasteiger partial charge in [-0.3, -0.25) is 0 Å². The van der Waals surface area contributed by atoms with Gasteiger partial charge in [-0.2, -0.15) is 0 Å². The Morgan fingerprint density at radius 2 is 2.16 bits per heavy atom. The number of anilines is 1. The molecular formula is C18H29N5O2. The number of likely N-dealkylation sites (N-methyl/N-ethyl adjacent to an activating group) is 1. The van der Waals surface area contributed by atoms with Gasteiger partial charge in [0, 0.05) is 45.5 Å². The Kier molecular flexibility index (Phi) is 6.47. The van der Waals surface area contributed by atoms with Gasteiger partial charge in [0.1, 0.15) is 5.82 Å². The minimum atomic E-state index is -0.157. The second-order valence-corrected chi connectivity index (χ2v) is 6.87. The highest BCUT2D eigenvalue weighted by molar-refractivity contribution is 5.73. The molecule has 0 aromatic carbocycles. The van der Waals surface area contributed by atoms with E-state index in [0.29, 0.717) is 13.1 Å². The lowest BCUT2D eigenvalue weighted by Gasteiger charge is -2.21. The van der Waals surface area contributed by atoms with Gasteiger partial charge in [0.25, 0.3) is 0 Å². The minimum absolute atomic E-state index is 0.157. The third kappa shape index (κ3) is 5.57. The number of urea groups is 1. The zero-order valence-electron chi connectivity index (χ0n) is 15.0. The van der Waals surface area contributed by atoms with Gasteiger partial charge in [0.2, 0.25) is 0 Å². The molecule has 3 rings (SSSR count). The van der Waals surface area contributed by atoms with Gasteiger partial charge >= 0.3 is 6.03 Å². The lowest BCUT2D eigenvalue weighted by atomic mass is 10.2. The van der Waals surface area contributed by atoms with E-state index in [1.54, 1.807) is 0 Å². The van der Waals surface area contributed by atoms with Crippen LogP contribution in [0.3, 0.4) is 0 Å². The molecule has 2 fully saturated rings. The Morgan fingerprint density at radius 3 is 2.92 bits per heavy atom. The number of aromatic nitrogens is 1. The van der Waals surface area contributed by atoms with E-state index >= 15 is 0 Å². The summed E-state index contributed by atoms with van der Waals surface area (Å²) in [6.45, 7) is 6.11. The Bertz CT molecular complexity index is 545. The molecule has 0 spiro atoms. The van der Waals surface area contributed by atoms with Crippen molar-refractivity contribution in [2.24, 2.45) is 0 Å². The highest BCUT2D eigenvalue weighted by Crippen LogP contribution is 2.14. The summed E-state index contributed by atoms with van der Waals surface area (Å²) in [7, 11) is 2.16. The van der Waals surface area contributed by atoms with Crippen LogP contribution in [0.25, 0.3) is 0 Å². The number of nitrogens with zero attached hydrogens (tertiary/aromatic N) is 3. The predicted molar refractivity (Wildman–Crippen MR) is 97.8 cm³/mol. The fourth-order valence-corrected chi connectivity index (χ4v) is 3.24. The number of hydrogen-bond donors (Lipinski definition) is 2. The number of amides is 2. The van der Waals surface area contributed by atoms with Crippen LogP contribution >= 0.6 is 0 Å². The second-order valence-electron chi connectivity index (χ2n) is 6.87. The average Bonchev–Trinajstić information content (AvgIpc) is 3.06. The zero-order chi connectivity index (χ0) is 17.5. The van der Waals surface area contributed by atoms with Gasteiger partial charge in [-0.05, 0) is 44.5 Å². The van der Waals surface area contributed by atoms with Gasteiger partial charge in [0.05, 0.1) is 6.10 Å². The number of hydrogen-bond acceptors (Lipinski definition) is 5. The van der Waals surface area contributed by atoms with Crippen molar-refractivity contribution in [3.8, 4) is 0 Å². The molecule has 2 aliphatic heterocycles. The van der Waals surface area contributed by atoms with Gasteiger partial charge in [-0.15, -0.1) is 0 Å². The van der Waals surface area contributed by atoms with E-state index in [9.17, 15) is 4.79 Å². The first-order chi connectivity index (χ1) is 12.2. The topological polar surface area (TPSA) is 69.7 Å². The molecule has 7 nitrogen and oxygen atoms in total. The predicted octanol–water partition coefficient (Wildman–Crippen LogP) is 1.20. The van der Waals surface area contributed by atoms with Crippen molar-refractivity contribution >= 4 is 11.8 Å². The standard InChI is InChI=1S/C18H29N5O2/c1-22-7-3-8-23(10-9-22)17-6-5-15(12-19-17)13-20-18(24)21-14-16-4-2-11-25-16/h5-6,12,16H,2-4,7-11,13-14H2,1H3,(H2,20,21,24). The number of nitrogens with one attached hydrogen (secondary N) is 2. The lowest BCUT2D eigenvalue weighted by molar-refractivity contribution is 0.111. The Balaban J connectivity index is 1.41. The van der Waals surface area contributed by atoms with Crippen LogP contribution in [0.1, 0.15) is 24.8 Å². The summed E-state index contributed by atoms with van der Waals surface area (Å²) < 4.78 is 5.49. The summed E-state index contributed by atoms with van der Waals surface area (Å²) >= 11 is 0. The van der Waals surface area contributed by atoms with E-state index in [1.165, 1.54) is 0 Å². The molecule has 2 saturated heterocycles. The van der Waals surface area contributed by atoms with Gasteiger partial charge in [0.15, 0.2) is 0 Å². The maximum Gasteiger partial charge on any atom is 0.315 e. The normalized spacial score (nSPS) is 21.8. The molecule has 0 radical (unpaired) electrons. The quantitative estimate of drug-likeness (QED) is 0.838. The monoisotopic (exact) mass is 347 g/mol. The lowest BCUT2D eigenvalue weighted by Crippen LogP contribution is -2.39. The third-order valence-corrected chi connectivity index (χ3v) is 4.82. The van der Waals surface area contributed by atoms with Crippen molar-refractivity contribution in [2.75, 3.05) is 51.3 Å². The molecule has 3 heterocycles. The molecule has 0 bridgehead atoms. The highest BCUT2D eigenvalue weighted by Gasteiger charge is 2.16. The van der Waals surface area contributed by atoms with E-state index in [4.69, 9.17) is 4.74 Å². The molecular weight excluding hydrogens is 318 g/mol. The number of carbonyl (C=O) groups excluding carboxylic acids is 1. The van der Waals surface area contributed by atoms with E-state index in [-0.39, 0.29) is 12.1 Å². The number of pyridine rings is 1. The summed E-state index contributed by atoms with van der Waals surface area (Å²) in [6, 6.07) is 3.93. The first kappa shape index (κ1) is 17.9. The second kappa shape index (κ2) is 9.01. The minimum Gasteiger partial charge on any atom is -0.376 e. The summed E-state index contributed by atoms with van der Waals surface area (Å²) in [5.74, 6) is 1.02. The highest BCUT2D eigenvalue weighted by atomic mass is 16.5. The van der Waals surface area contributed by atoms with Crippen molar-refractivity contribution in [1.29, 1.82) is 0 Å². The van der Waals surface area contributed by atoms with E-state index in [0.717, 1.165) is 63.4 Å². The van der Waals surface area contributed by atoms with Crippen LogP contribution in [0.15, 0.2) is 18.3 Å². The smallest absolute Gasteiger partial charge is 0.315 e. The van der Waals surface area contributed by atoms with Gasteiger partial charge < -0.3 is 25.2 Å². The maximum absolute atomic E-state index is 11.8. The van der Waals surface area contributed by atoms with Crippen molar-refractivity contribution in [1.82, 2.24) is 20.5 Å². The van der Waals surface area contributed by atoms with Crippen molar-refractivity contribution in [2.45, 2.75) is 31.9 Å².